The SMILES string of the molecule is CCOC(=O)c1cc2cc(-c3ncc(C(=O)Nc4cc(-c5noc([C@H]6C[C@@H]6F)n5)ccc4C)o3)ccc2[nH]1. The Kier molecular flexibility index (Phi) is 5.74. The summed E-state index contributed by atoms with van der Waals surface area (Å²) in [5.41, 5.74) is 3.71. The second-order valence-corrected chi connectivity index (χ2v) is 9.03. The van der Waals surface area contributed by atoms with E-state index in [0.717, 1.165) is 16.5 Å². The smallest absolute Gasteiger partial charge is 0.354 e. The van der Waals surface area contributed by atoms with E-state index >= 15 is 0 Å². The Morgan fingerprint density at radius 3 is 2.79 bits per heavy atom. The minimum atomic E-state index is -0.935. The topological polar surface area (TPSA) is 136 Å². The van der Waals surface area contributed by atoms with Crippen LogP contribution in [0.25, 0.3) is 33.7 Å². The maximum atomic E-state index is 13.3. The highest BCUT2D eigenvalue weighted by molar-refractivity contribution is 6.03. The standard InChI is InChI=1S/C27H22FN5O5/c1-3-36-27(35)21-10-16-8-15(6-7-19(16)30-21)25-29-12-22(37-25)24(34)31-20-9-14(5-4-13(20)2)23-32-26(38-33-23)17-11-18(17)28/h4-10,12,17-18,30H,3,11H2,1-2H3,(H,31,34)/t17-,18-/m0/s1. The van der Waals surface area contributed by atoms with Crippen LogP contribution in [-0.4, -0.2) is 44.8 Å². The number of ether oxygens (including phenoxy) is 1. The van der Waals surface area contributed by atoms with E-state index in [2.05, 4.69) is 25.4 Å². The van der Waals surface area contributed by atoms with Crippen LogP contribution >= 0.6 is 0 Å². The van der Waals surface area contributed by atoms with Gasteiger partial charge in [-0.05, 0) is 56.2 Å². The van der Waals surface area contributed by atoms with E-state index in [-0.39, 0.29) is 30.1 Å². The minimum absolute atomic E-state index is 0.0238. The first-order valence-corrected chi connectivity index (χ1v) is 12.1. The molecule has 1 fully saturated rings. The highest BCUT2D eigenvalue weighted by Crippen LogP contribution is 2.43. The summed E-state index contributed by atoms with van der Waals surface area (Å²) in [5, 5.41) is 7.55. The van der Waals surface area contributed by atoms with E-state index in [9.17, 15) is 14.0 Å². The zero-order valence-corrected chi connectivity index (χ0v) is 20.4. The molecule has 0 spiro atoms. The molecule has 5 aromatic rings. The van der Waals surface area contributed by atoms with Gasteiger partial charge in [0, 0.05) is 27.7 Å². The van der Waals surface area contributed by atoms with Crippen LogP contribution in [0.1, 0.15) is 51.8 Å². The van der Waals surface area contributed by atoms with Crippen LogP contribution in [-0.2, 0) is 4.74 Å². The third-order valence-corrected chi connectivity index (χ3v) is 6.31. The second kappa shape index (κ2) is 9.25. The Balaban J connectivity index is 1.20. The molecule has 11 heteroatoms. The number of hydrogen-bond acceptors (Lipinski definition) is 8. The van der Waals surface area contributed by atoms with E-state index in [0.29, 0.717) is 34.8 Å². The zero-order chi connectivity index (χ0) is 26.4. The van der Waals surface area contributed by atoms with Gasteiger partial charge in [0.2, 0.25) is 23.4 Å². The average Bonchev–Trinajstić information content (AvgIpc) is 3.36. The Morgan fingerprint density at radius 2 is 2.00 bits per heavy atom. The number of oxazole rings is 1. The van der Waals surface area contributed by atoms with Gasteiger partial charge in [0.1, 0.15) is 11.9 Å². The van der Waals surface area contributed by atoms with Crippen LogP contribution in [0.15, 0.2) is 57.6 Å². The quantitative estimate of drug-likeness (QED) is 0.274. The van der Waals surface area contributed by atoms with Gasteiger partial charge in [-0.2, -0.15) is 4.98 Å². The normalized spacial score (nSPS) is 16.5. The first kappa shape index (κ1) is 23.6. The number of carbonyl (C=O) groups is 2. The van der Waals surface area contributed by atoms with Crippen LogP contribution in [0.3, 0.4) is 0 Å². The molecular formula is C27H22FN5O5. The van der Waals surface area contributed by atoms with E-state index in [4.69, 9.17) is 13.7 Å². The molecule has 0 aliphatic heterocycles. The van der Waals surface area contributed by atoms with E-state index in [1.165, 1.54) is 6.20 Å². The summed E-state index contributed by atoms with van der Waals surface area (Å²) < 4.78 is 29.3. The van der Waals surface area contributed by atoms with Crippen LogP contribution in [0.2, 0.25) is 0 Å². The Bertz CT molecular complexity index is 1690. The molecule has 1 saturated carbocycles. The Morgan fingerprint density at radius 1 is 1.18 bits per heavy atom. The molecule has 6 rings (SSSR count). The number of fused-ring (bicyclic) bond motifs is 1. The number of hydrogen-bond donors (Lipinski definition) is 2. The molecule has 2 N–H and O–H groups in total. The highest BCUT2D eigenvalue weighted by Gasteiger charge is 2.43. The fourth-order valence-electron chi connectivity index (χ4n) is 4.10. The number of benzene rings is 2. The number of H-pyrrole nitrogens is 1. The maximum absolute atomic E-state index is 13.3. The van der Waals surface area contributed by atoms with Gasteiger partial charge < -0.3 is 24.0 Å². The molecule has 1 aliphatic rings. The number of aromatic nitrogens is 4. The number of amides is 1. The molecule has 2 atom stereocenters. The molecule has 38 heavy (non-hydrogen) atoms. The summed E-state index contributed by atoms with van der Waals surface area (Å²) in [6, 6.07) is 12.4. The second-order valence-electron chi connectivity index (χ2n) is 9.03. The summed E-state index contributed by atoms with van der Waals surface area (Å²) in [5.74, 6) is -0.369. The van der Waals surface area contributed by atoms with E-state index in [1.807, 2.05) is 19.1 Å². The molecule has 0 unspecified atom stereocenters. The van der Waals surface area contributed by atoms with Gasteiger partial charge in [-0.1, -0.05) is 17.3 Å². The van der Waals surface area contributed by atoms with Crippen molar-refractivity contribution in [3.05, 3.63) is 71.6 Å². The third-order valence-electron chi connectivity index (χ3n) is 6.31. The number of esters is 1. The van der Waals surface area contributed by atoms with Crippen molar-refractivity contribution in [3.63, 3.8) is 0 Å². The number of anilines is 1. The molecule has 3 heterocycles. The van der Waals surface area contributed by atoms with Crippen LogP contribution in [0.4, 0.5) is 10.1 Å². The number of nitrogens with zero attached hydrogens (tertiary/aromatic N) is 3. The zero-order valence-electron chi connectivity index (χ0n) is 20.4. The molecular weight excluding hydrogens is 493 g/mol. The lowest BCUT2D eigenvalue weighted by atomic mass is 10.1. The van der Waals surface area contributed by atoms with Crippen LogP contribution in [0.5, 0.6) is 0 Å². The lowest BCUT2D eigenvalue weighted by Crippen LogP contribution is -2.12. The molecule has 1 aliphatic carbocycles. The summed E-state index contributed by atoms with van der Waals surface area (Å²) in [6.45, 7) is 3.87. The summed E-state index contributed by atoms with van der Waals surface area (Å²) >= 11 is 0. The number of alkyl halides is 1. The van der Waals surface area contributed by atoms with E-state index in [1.54, 1.807) is 37.3 Å². The number of nitrogens with one attached hydrogen (secondary N) is 2. The van der Waals surface area contributed by atoms with Gasteiger partial charge in [-0.15, -0.1) is 0 Å². The van der Waals surface area contributed by atoms with Crippen molar-refractivity contribution < 1.29 is 27.7 Å². The van der Waals surface area contributed by atoms with Crippen molar-refractivity contribution in [2.75, 3.05) is 11.9 Å². The number of aryl methyl sites for hydroxylation is 1. The van der Waals surface area contributed by atoms with Gasteiger partial charge in [-0.25, -0.2) is 14.2 Å². The van der Waals surface area contributed by atoms with Crippen molar-refractivity contribution in [1.82, 2.24) is 20.1 Å². The first-order chi connectivity index (χ1) is 18.4. The lowest BCUT2D eigenvalue weighted by molar-refractivity contribution is 0.0520. The van der Waals surface area contributed by atoms with Crippen LogP contribution in [0, 0.1) is 6.92 Å². The highest BCUT2D eigenvalue weighted by atomic mass is 19.1. The summed E-state index contributed by atoms with van der Waals surface area (Å²) in [7, 11) is 0. The monoisotopic (exact) mass is 515 g/mol. The van der Waals surface area contributed by atoms with Gasteiger partial charge in [0.25, 0.3) is 5.91 Å². The maximum Gasteiger partial charge on any atom is 0.354 e. The first-order valence-electron chi connectivity index (χ1n) is 12.1. The molecule has 192 valence electrons. The predicted octanol–water partition coefficient (Wildman–Crippen LogP) is 5.44. The third kappa shape index (κ3) is 4.42. The van der Waals surface area contributed by atoms with Gasteiger partial charge in [0.15, 0.2) is 0 Å². The number of aromatic amines is 1. The molecule has 3 aromatic heterocycles. The fraction of sp³-hybridized carbons (Fsp3) is 0.222. The largest absolute Gasteiger partial charge is 0.461 e. The summed E-state index contributed by atoms with van der Waals surface area (Å²) in [4.78, 5) is 36.5. The van der Waals surface area contributed by atoms with Crippen LogP contribution < -0.4 is 5.32 Å². The number of rotatable bonds is 7. The summed E-state index contributed by atoms with van der Waals surface area (Å²) in [6.07, 6.45) is 0.808. The molecule has 2 aromatic carbocycles. The number of carbonyl (C=O) groups excluding carboxylic acids is 2. The predicted molar refractivity (Wildman–Crippen MR) is 134 cm³/mol. The van der Waals surface area contributed by atoms with E-state index < -0.39 is 18.0 Å². The van der Waals surface area contributed by atoms with Crippen molar-refractivity contribution in [1.29, 1.82) is 0 Å². The van der Waals surface area contributed by atoms with Crippen molar-refractivity contribution >= 4 is 28.5 Å². The van der Waals surface area contributed by atoms with Crippen molar-refractivity contribution in [3.8, 4) is 22.8 Å². The van der Waals surface area contributed by atoms with Gasteiger partial charge >= 0.3 is 5.97 Å². The number of halogens is 1. The Labute approximate surface area is 215 Å². The fourth-order valence-corrected chi connectivity index (χ4v) is 4.10. The molecule has 0 saturated heterocycles. The molecule has 0 bridgehead atoms. The molecule has 10 nitrogen and oxygen atoms in total. The minimum Gasteiger partial charge on any atom is -0.461 e. The van der Waals surface area contributed by atoms with Gasteiger partial charge in [-0.3, -0.25) is 4.79 Å². The van der Waals surface area contributed by atoms with Crippen molar-refractivity contribution in [2.45, 2.75) is 32.4 Å². The molecule has 1 amide bonds. The average molecular weight is 516 g/mol. The van der Waals surface area contributed by atoms with Crippen molar-refractivity contribution in [2.24, 2.45) is 0 Å². The Hall–Kier alpha value is -4.80. The molecule has 0 radical (unpaired) electrons. The van der Waals surface area contributed by atoms with Gasteiger partial charge in [0.05, 0.1) is 18.7 Å². The lowest BCUT2D eigenvalue weighted by Gasteiger charge is -2.08.